The van der Waals surface area contributed by atoms with Crippen molar-refractivity contribution in [2.45, 2.75) is 50.3 Å². The summed E-state index contributed by atoms with van der Waals surface area (Å²) in [7, 11) is 0. The number of nitrogens with one attached hydrogen (secondary N) is 1. The van der Waals surface area contributed by atoms with E-state index in [0.717, 1.165) is 48.5 Å². The number of aromatic nitrogens is 3. The first-order valence-corrected chi connectivity index (χ1v) is 12.3. The van der Waals surface area contributed by atoms with Gasteiger partial charge in [0.15, 0.2) is 0 Å². The van der Waals surface area contributed by atoms with Crippen LogP contribution in [0.3, 0.4) is 0 Å². The number of hydrogen-bond donors (Lipinski definition) is 2. The van der Waals surface area contributed by atoms with Crippen molar-refractivity contribution in [3.05, 3.63) is 52.9 Å². The summed E-state index contributed by atoms with van der Waals surface area (Å²) in [5.41, 5.74) is 1.09. The van der Waals surface area contributed by atoms with Crippen molar-refractivity contribution < 1.29 is 23.4 Å². The van der Waals surface area contributed by atoms with Crippen LogP contribution in [0.4, 0.5) is 14.6 Å². The molecule has 0 aliphatic carbocycles. The van der Waals surface area contributed by atoms with Crippen LogP contribution in [-0.4, -0.2) is 68.6 Å². The Morgan fingerprint density at radius 2 is 2.06 bits per heavy atom. The lowest BCUT2D eigenvalue weighted by Crippen LogP contribution is -2.56. The van der Waals surface area contributed by atoms with E-state index in [1.807, 2.05) is 6.07 Å². The van der Waals surface area contributed by atoms with Gasteiger partial charge in [-0.1, -0.05) is 11.6 Å². The fourth-order valence-electron chi connectivity index (χ4n) is 5.17. The van der Waals surface area contributed by atoms with Crippen LogP contribution in [0.2, 0.25) is 5.02 Å². The lowest BCUT2D eigenvalue weighted by molar-refractivity contribution is -0.115. The van der Waals surface area contributed by atoms with Gasteiger partial charge in [-0.25, -0.2) is 9.67 Å². The molecular formula is C25H28ClF2N5O3. The molecule has 0 saturated carbocycles. The van der Waals surface area contributed by atoms with Crippen molar-refractivity contribution in [2.75, 3.05) is 31.6 Å². The summed E-state index contributed by atoms with van der Waals surface area (Å²) in [5.74, 6) is 0.280. The van der Waals surface area contributed by atoms with Crippen LogP contribution in [0.15, 0.2) is 36.8 Å². The van der Waals surface area contributed by atoms with E-state index in [9.17, 15) is 18.7 Å². The summed E-state index contributed by atoms with van der Waals surface area (Å²) in [5, 5.41) is 19.1. The number of hydrogen-bond acceptors (Lipinski definition) is 6. The van der Waals surface area contributed by atoms with Crippen molar-refractivity contribution in [3.8, 4) is 0 Å². The van der Waals surface area contributed by atoms with Crippen LogP contribution >= 0.6 is 11.6 Å². The number of nitrogens with zero attached hydrogens (tertiary/aromatic N) is 4. The van der Waals surface area contributed by atoms with Gasteiger partial charge in [-0.05, 0) is 73.5 Å². The van der Waals surface area contributed by atoms with Gasteiger partial charge in [0.2, 0.25) is 5.91 Å². The molecule has 2 N–H and O–H groups in total. The van der Waals surface area contributed by atoms with Gasteiger partial charge in [0.1, 0.15) is 5.82 Å². The van der Waals surface area contributed by atoms with E-state index in [-0.39, 0.29) is 23.8 Å². The molecule has 192 valence electrons. The summed E-state index contributed by atoms with van der Waals surface area (Å²) < 4.78 is 31.4. The van der Waals surface area contributed by atoms with Crippen molar-refractivity contribution in [2.24, 2.45) is 0 Å². The lowest BCUT2D eigenvalue weighted by Gasteiger charge is -2.43. The number of fused-ring (bicyclic) bond motifs is 1. The normalized spacial score (nSPS) is 23.6. The van der Waals surface area contributed by atoms with E-state index < -0.39 is 12.7 Å². The quantitative estimate of drug-likeness (QED) is 0.511. The number of likely N-dealkylation sites (tertiary alicyclic amines) is 1. The molecule has 1 amide bonds. The second kappa shape index (κ2) is 10.0. The summed E-state index contributed by atoms with van der Waals surface area (Å²) in [6, 6.07) is 5.74. The fraction of sp³-hybridized carbons (Fsp3) is 0.480. The summed E-state index contributed by atoms with van der Waals surface area (Å²) in [6.45, 7) is 1.90. The van der Waals surface area contributed by atoms with E-state index in [4.69, 9.17) is 16.3 Å². The molecule has 0 bridgehead atoms. The standard InChI is InChI=1S/C25H28ClF2N5O3/c1-25(14-36-13-21(25)34)32-4-2-16(3-5-32)19-7-17-9-22(29-11-18(17)8-20(19)26)31-23(35)6-15-10-30-33(12-15)24(27)28/h7-12,16,21,24,34H,2-6,13-14H2,1H3,(H,29,31,35). The monoisotopic (exact) mass is 519 g/mol. The van der Waals surface area contributed by atoms with Gasteiger partial charge in [0.25, 0.3) is 0 Å². The van der Waals surface area contributed by atoms with Crippen LogP contribution in [0.5, 0.6) is 0 Å². The minimum Gasteiger partial charge on any atom is -0.389 e. The Labute approximate surface area is 212 Å². The molecule has 2 aliphatic rings. The van der Waals surface area contributed by atoms with Crippen LogP contribution < -0.4 is 5.32 Å². The van der Waals surface area contributed by atoms with Crippen molar-refractivity contribution in [1.82, 2.24) is 19.7 Å². The smallest absolute Gasteiger partial charge is 0.333 e. The Hall–Kier alpha value is -2.66. The molecule has 8 nitrogen and oxygen atoms in total. The molecule has 4 heterocycles. The number of benzene rings is 1. The highest BCUT2D eigenvalue weighted by Crippen LogP contribution is 2.38. The fourth-order valence-corrected chi connectivity index (χ4v) is 5.50. The number of carbonyl (C=O) groups excluding carboxylic acids is 1. The lowest BCUT2D eigenvalue weighted by atomic mass is 9.85. The van der Waals surface area contributed by atoms with Crippen LogP contribution in [-0.2, 0) is 16.0 Å². The highest BCUT2D eigenvalue weighted by molar-refractivity contribution is 6.32. The largest absolute Gasteiger partial charge is 0.389 e. The topological polar surface area (TPSA) is 92.5 Å². The van der Waals surface area contributed by atoms with Gasteiger partial charge in [0.05, 0.1) is 37.5 Å². The number of pyridine rings is 1. The maximum absolute atomic E-state index is 12.7. The van der Waals surface area contributed by atoms with Gasteiger partial charge in [0, 0.05) is 22.8 Å². The van der Waals surface area contributed by atoms with E-state index in [1.54, 1.807) is 12.3 Å². The average molecular weight is 520 g/mol. The Bertz CT molecular complexity index is 1260. The Balaban J connectivity index is 1.27. The molecule has 2 atom stereocenters. The molecule has 2 unspecified atom stereocenters. The Morgan fingerprint density at radius 3 is 2.72 bits per heavy atom. The molecule has 2 fully saturated rings. The Kier molecular flexibility index (Phi) is 6.95. The third-order valence-corrected chi connectivity index (χ3v) is 7.70. The second-order valence-electron chi connectivity index (χ2n) is 9.77. The summed E-state index contributed by atoms with van der Waals surface area (Å²) >= 11 is 6.66. The van der Waals surface area contributed by atoms with E-state index in [2.05, 4.69) is 33.3 Å². The Morgan fingerprint density at radius 1 is 1.28 bits per heavy atom. The number of anilines is 1. The molecule has 3 aromatic rings. The third kappa shape index (κ3) is 4.95. The molecule has 0 spiro atoms. The highest BCUT2D eigenvalue weighted by atomic mass is 35.5. The first-order chi connectivity index (χ1) is 17.2. The van der Waals surface area contributed by atoms with Gasteiger partial charge in [-0.15, -0.1) is 0 Å². The number of halogens is 3. The van der Waals surface area contributed by atoms with E-state index in [0.29, 0.717) is 34.3 Å². The second-order valence-corrected chi connectivity index (χ2v) is 10.2. The van der Waals surface area contributed by atoms with Crippen LogP contribution in [0.1, 0.15) is 43.4 Å². The molecule has 2 aliphatic heterocycles. The van der Waals surface area contributed by atoms with Gasteiger partial charge in [-0.2, -0.15) is 13.9 Å². The van der Waals surface area contributed by atoms with Crippen LogP contribution in [0.25, 0.3) is 10.8 Å². The highest BCUT2D eigenvalue weighted by Gasteiger charge is 2.45. The van der Waals surface area contributed by atoms with Crippen molar-refractivity contribution in [3.63, 3.8) is 0 Å². The summed E-state index contributed by atoms with van der Waals surface area (Å²) in [6.07, 6.45) is 5.30. The average Bonchev–Trinajstić information content (AvgIpc) is 3.46. The number of amides is 1. The minimum absolute atomic E-state index is 0.0878. The molecule has 5 rings (SSSR count). The van der Waals surface area contributed by atoms with Gasteiger partial charge in [-0.3, -0.25) is 9.69 Å². The van der Waals surface area contributed by atoms with Crippen LogP contribution in [0, 0.1) is 0 Å². The molecule has 36 heavy (non-hydrogen) atoms. The van der Waals surface area contributed by atoms with Gasteiger partial charge < -0.3 is 15.2 Å². The third-order valence-electron chi connectivity index (χ3n) is 7.37. The molecule has 2 saturated heterocycles. The number of rotatable bonds is 6. The molecular weight excluding hydrogens is 492 g/mol. The zero-order valence-electron chi connectivity index (χ0n) is 19.8. The number of aliphatic hydroxyl groups is 1. The maximum Gasteiger partial charge on any atom is 0.333 e. The van der Waals surface area contributed by atoms with E-state index in [1.165, 1.54) is 6.20 Å². The number of piperidine rings is 1. The van der Waals surface area contributed by atoms with E-state index >= 15 is 0 Å². The number of ether oxygens (including phenoxy) is 1. The molecule has 2 aromatic heterocycles. The number of carbonyl (C=O) groups is 1. The zero-order valence-corrected chi connectivity index (χ0v) is 20.6. The first-order valence-electron chi connectivity index (χ1n) is 11.9. The molecule has 1 aromatic carbocycles. The van der Waals surface area contributed by atoms with Gasteiger partial charge >= 0.3 is 6.55 Å². The SMILES string of the molecule is CC1(N2CCC(c3cc4cc(NC(=O)Cc5cnn(C(F)F)c5)ncc4cc3Cl)CC2)COCC1O. The molecule has 11 heteroatoms. The molecule has 0 radical (unpaired) electrons. The number of alkyl halides is 2. The number of aliphatic hydroxyl groups excluding tert-OH is 1. The van der Waals surface area contributed by atoms with Crippen molar-refractivity contribution >= 4 is 34.1 Å². The predicted octanol–water partition coefficient (Wildman–Crippen LogP) is 3.99. The maximum atomic E-state index is 12.7. The minimum atomic E-state index is -2.75. The zero-order chi connectivity index (χ0) is 25.4. The predicted molar refractivity (Wildman–Crippen MR) is 131 cm³/mol. The first kappa shape index (κ1) is 25.0. The summed E-state index contributed by atoms with van der Waals surface area (Å²) in [4.78, 5) is 19.0. The van der Waals surface area contributed by atoms with Crippen molar-refractivity contribution in [1.29, 1.82) is 0 Å².